The second kappa shape index (κ2) is 10.6. The van der Waals surface area contributed by atoms with E-state index in [1.54, 1.807) is 36.7 Å². The van der Waals surface area contributed by atoms with Gasteiger partial charge in [-0.3, -0.25) is 15.1 Å². The average Bonchev–Trinajstić information content (AvgIpc) is 2.78. The Balaban J connectivity index is 1.55. The lowest BCUT2D eigenvalue weighted by atomic mass is 9.68. The molecule has 1 aromatic heterocycles. The Labute approximate surface area is 204 Å². The summed E-state index contributed by atoms with van der Waals surface area (Å²) in [6.07, 6.45) is 4.00. The molecule has 186 valence electrons. The van der Waals surface area contributed by atoms with E-state index in [0.29, 0.717) is 37.8 Å². The van der Waals surface area contributed by atoms with E-state index < -0.39 is 12.2 Å². The Morgan fingerprint density at radius 1 is 1.26 bits per heavy atom. The zero-order valence-corrected chi connectivity index (χ0v) is 20.0. The summed E-state index contributed by atoms with van der Waals surface area (Å²) in [5, 5.41) is 12.7. The van der Waals surface area contributed by atoms with Gasteiger partial charge in [-0.15, -0.1) is 0 Å². The lowest BCUT2D eigenvalue weighted by Gasteiger charge is -2.40. The van der Waals surface area contributed by atoms with E-state index in [4.69, 9.17) is 9.47 Å². The highest BCUT2D eigenvalue weighted by molar-refractivity contribution is 5.84. The topological polar surface area (TPSA) is 97.8 Å². The standard InChI is InChI=1S/C27H31FN2O5/c1-27(2)15-22(35-26(33)30-19-4-3-11-29-16-19)14-23(17-5-7-18(28)8-6-17)24(27)10-9-21-12-20(31)13-25(32)34-21/h3-8,11,16,20-22,31H,9-10,12-15H2,1-2H3,(H,30,33)/t20-,21-,22?/m0/s1. The monoisotopic (exact) mass is 482 g/mol. The highest BCUT2D eigenvalue weighted by Gasteiger charge is 2.38. The number of halogens is 1. The van der Waals surface area contributed by atoms with Crippen LogP contribution in [0.25, 0.3) is 5.57 Å². The minimum absolute atomic E-state index is 0.0334. The van der Waals surface area contributed by atoms with Crippen molar-refractivity contribution in [2.75, 3.05) is 5.32 Å². The van der Waals surface area contributed by atoms with Crippen LogP contribution < -0.4 is 5.32 Å². The number of anilines is 1. The van der Waals surface area contributed by atoms with Crippen LogP contribution in [0.2, 0.25) is 0 Å². The molecule has 0 bridgehead atoms. The Morgan fingerprint density at radius 2 is 2.03 bits per heavy atom. The van der Waals surface area contributed by atoms with Gasteiger partial charge in [0.1, 0.15) is 18.0 Å². The van der Waals surface area contributed by atoms with Crippen LogP contribution in [-0.4, -0.2) is 40.5 Å². The molecular weight excluding hydrogens is 451 g/mol. The molecule has 2 heterocycles. The molecule has 2 aliphatic rings. The van der Waals surface area contributed by atoms with Crippen molar-refractivity contribution in [3.8, 4) is 0 Å². The zero-order chi connectivity index (χ0) is 25.0. The van der Waals surface area contributed by atoms with E-state index in [9.17, 15) is 19.1 Å². The summed E-state index contributed by atoms with van der Waals surface area (Å²) < 4.78 is 24.9. The molecule has 35 heavy (non-hydrogen) atoms. The molecule has 1 amide bonds. The van der Waals surface area contributed by atoms with Gasteiger partial charge in [-0.25, -0.2) is 9.18 Å². The number of ether oxygens (including phenoxy) is 2. The van der Waals surface area contributed by atoms with Crippen LogP contribution in [0.5, 0.6) is 0 Å². The molecule has 2 aromatic rings. The first-order valence-electron chi connectivity index (χ1n) is 11.9. The third kappa shape index (κ3) is 6.45. The maximum absolute atomic E-state index is 13.7. The smallest absolute Gasteiger partial charge is 0.411 e. The number of hydrogen-bond donors (Lipinski definition) is 2. The lowest BCUT2D eigenvalue weighted by Crippen LogP contribution is -2.35. The number of aliphatic hydroxyl groups is 1. The van der Waals surface area contributed by atoms with Crippen molar-refractivity contribution in [3.63, 3.8) is 0 Å². The molecule has 1 aliphatic heterocycles. The molecule has 4 rings (SSSR count). The summed E-state index contributed by atoms with van der Waals surface area (Å²) in [5.41, 5.74) is 3.26. The number of nitrogens with one attached hydrogen (secondary N) is 1. The molecule has 2 N–H and O–H groups in total. The van der Waals surface area contributed by atoms with E-state index in [-0.39, 0.29) is 35.8 Å². The third-order valence-corrected chi connectivity index (χ3v) is 6.68. The van der Waals surface area contributed by atoms with E-state index >= 15 is 0 Å². The highest BCUT2D eigenvalue weighted by Crippen LogP contribution is 2.47. The number of cyclic esters (lactones) is 1. The van der Waals surface area contributed by atoms with Crippen molar-refractivity contribution in [1.29, 1.82) is 0 Å². The number of nitrogens with zero attached hydrogens (tertiary/aromatic N) is 1. The van der Waals surface area contributed by atoms with Crippen molar-refractivity contribution < 1.29 is 28.6 Å². The number of carbonyl (C=O) groups excluding carboxylic acids is 2. The van der Waals surface area contributed by atoms with Crippen molar-refractivity contribution in [1.82, 2.24) is 4.98 Å². The number of pyridine rings is 1. The fraction of sp³-hybridized carbons (Fsp3) is 0.444. The molecule has 1 fully saturated rings. The molecule has 1 aliphatic carbocycles. The van der Waals surface area contributed by atoms with Gasteiger partial charge in [0.2, 0.25) is 0 Å². The Kier molecular flexibility index (Phi) is 7.50. The van der Waals surface area contributed by atoms with E-state index in [1.807, 2.05) is 0 Å². The van der Waals surface area contributed by atoms with Gasteiger partial charge in [-0.1, -0.05) is 31.6 Å². The first kappa shape index (κ1) is 24.9. The average molecular weight is 483 g/mol. The Hall–Kier alpha value is -3.26. The molecule has 1 unspecified atom stereocenters. The number of carbonyl (C=O) groups is 2. The van der Waals surface area contributed by atoms with Crippen LogP contribution in [0.1, 0.15) is 57.9 Å². The zero-order valence-electron chi connectivity index (χ0n) is 20.0. The summed E-state index contributed by atoms with van der Waals surface area (Å²) in [6, 6.07) is 9.78. The van der Waals surface area contributed by atoms with E-state index in [1.165, 1.54) is 12.1 Å². The molecule has 8 heteroatoms. The van der Waals surface area contributed by atoms with Crippen molar-refractivity contribution >= 4 is 23.3 Å². The number of hydrogen-bond acceptors (Lipinski definition) is 6. The normalized spacial score (nSPS) is 24.0. The van der Waals surface area contributed by atoms with Crippen molar-refractivity contribution in [2.45, 2.75) is 70.7 Å². The molecule has 0 radical (unpaired) electrons. The Bertz CT molecular complexity index is 1080. The highest BCUT2D eigenvalue weighted by atomic mass is 19.1. The van der Waals surface area contributed by atoms with Crippen LogP contribution >= 0.6 is 0 Å². The predicted octanol–water partition coefficient (Wildman–Crippen LogP) is 5.26. The Morgan fingerprint density at radius 3 is 2.71 bits per heavy atom. The largest absolute Gasteiger partial charge is 0.462 e. The first-order chi connectivity index (χ1) is 16.7. The number of allylic oxidation sites excluding steroid dienone is 1. The van der Waals surface area contributed by atoms with Gasteiger partial charge in [0.05, 0.1) is 24.4 Å². The summed E-state index contributed by atoms with van der Waals surface area (Å²) in [5.74, 6) is -0.699. The van der Waals surface area contributed by atoms with Gasteiger partial charge in [0, 0.05) is 19.0 Å². The van der Waals surface area contributed by atoms with Crippen molar-refractivity contribution in [3.05, 3.63) is 65.7 Å². The number of amides is 1. The minimum Gasteiger partial charge on any atom is -0.462 e. The molecule has 0 saturated carbocycles. The van der Waals surface area contributed by atoms with Crippen LogP contribution in [-0.2, 0) is 14.3 Å². The molecule has 1 saturated heterocycles. The summed E-state index contributed by atoms with van der Waals surface area (Å²) >= 11 is 0. The number of esters is 1. The second-order valence-electron chi connectivity index (χ2n) is 9.89. The number of aliphatic hydroxyl groups excluding tert-OH is 1. The molecule has 7 nitrogen and oxygen atoms in total. The maximum atomic E-state index is 13.7. The van der Waals surface area contributed by atoms with Crippen LogP contribution in [0.4, 0.5) is 14.9 Å². The fourth-order valence-corrected chi connectivity index (χ4v) is 5.12. The summed E-state index contributed by atoms with van der Waals surface area (Å²) in [7, 11) is 0. The first-order valence-corrected chi connectivity index (χ1v) is 11.9. The van der Waals surface area contributed by atoms with Crippen molar-refractivity contribution in [2.24, 2.45) is 5.41 Å². The maximum Gasteiger partial charge on any atom is 0.411 e. The minimum atomic E-state index is -0.678. The van der Waals surface area contributed by atoms with Gasteiger partial charge < -0.3 is 14.6 Å². The predicted molar refractivity (Wildman–Crippen MR) is 129 cm³/mol. The molecule has 0 spiro atoms. The molecule has 3 atom stereocenters. The summed E-state index contributed by atoms with van der Waals surface area (Å²) in [6.45, 7) is 4.20. The van der Waals surface area contributed by atoms with Crippen LogP contribution in [0.15, 0.2) is 54.4 Å². The number of rotatable bonds is 6. The number of aromatic nitrogens is 1. The quantitative estimate of drug-likeness (QED) is 0.545. The molecule has 1 aromatic carbocycles. The third-order valence-electron chi connectivity index (χ3n) is 6.68. The van der Waals surface area contributed by atoms with Gasteiger partial charge in [0.25, 0.3) is 0 Å². The van der Waals surface area contributed by atoms with Crippen LogP contribution in [0, 0.1) is 11.2 Å². The second-order valence-corrected chi connectivity index (χ2v) is 9.89. The van der Waals surface area contributed by atoms with Gasteiger partial charge in [-0.05, 0) is 60.1 Å². The van der Waals surface area contributed by atoms with Crippen LogP contribution in [0.3, 0.4) is 0 Å². The lowest BCUT2D eigenvalue weighted by molar-refractivity contribution is -0.160. The SMILES string of the molecule is CC1(C)CC(OC(=O)Nc2cccnc2)CC(c2ccc(F)cc2)=C1CC[C@H]1C[C@H](O)CC(=O)O1. The van der Waals surface area contributed by atoms with E-state index in [2.05, 4.69) is 24.1 Å². The fourth-order valence-electron chi connectivity index (χ4n) is 5.12. The molecular formula is C27H31FN2O5. The summed E-state index contributed by atoms with van der Waals surface area (Å²) in [4.78, 5) is 28.3. The van der Waals surface area contributed by atoms with E-state index in [0.717, 1.165) is 16.7 Å². The van der Waals surface area contributed by atoms with Gasteiger partial charge >= 0.3 is 12.1 Å². The van der Waals surface area contributed by atoms with Gasteiger partial charge in [-0.2, -0.15) is 0 Å². The number of benzene rings is 1. The van der Waals surface area contributed by atoms with Gasteiger partial charge in [0.15, 0.2) is 0 Å².